The van der Waals surface area contributed by atoms with Gasteiger partial charge in [-0.1, -0.05) is 18.2 Å². The summed E-state index contributed by atoms with van der Waals surface area (Å²) in [6, 6.07) is 13.1. The lowest BCUT2D eigenvalue weighted by molar-refractivity contribution is -0.274. The summed E-state index contributed by atoms with van der Waals surface area (Å²) in [5.41, 5.74) is 2.29. The number of hydrogen-bond acceptors (Lipinski definition) is 6. The molecule has 2 aromatic carbocycles. The average molecular weight is 433 g/mol. The highest BCUT2D eigenvalue weighted by Crippen LogP contribution is 2.41. The molecule has 3 aromatic rings. The van der Waals surface area contributed by atoms with E-state index in [0.717, 1.165) is 5.56 Å². The van der Waals surface area contributed by atoms with Crippen molar-refractivity contribution in [3.8, 4) is 39.5 Å². The van der Waals surface area contributed by atoms with Crippen LogP contribution in [0, 0.1) is 11.3 Å². The number of ether oxygens (including phenoxy) is 4. The zero-order chi connectivity index (χ0) is 21.1. The number of benzene rings is 2. The van der Waals surface area contributed by atoms with Gasteiger partial charge in [0.25, 0.3) is 0 Å². The zero-order valence-corrected chi connectivity index (χ0v) is 16.2. The van der Waals surface area contributed by atoms with Gasteiger partial charge in [-0.3, -0.25) is 0 Å². The Morgan fingerprint density at radius 3 is 2.63 bits per heavy atom. The topological polar surface area (TPSA) is 60.7 Å². The summed E-state index contributed by atoms with van der Waals surface area (Å²) in [4.78, 5) is 0. The van der Waals surface area contributed by atoms with Gasteiger partial charge in [-0.25, -0.2) is 0 Å². The van der Waals surface area contributed by atoms with Crippen molar-refractivity contribution in [2.75, 3.05) is 13.2 Å². The van der Waals surface area contributed by atoms with E-state index in [1.54, 1.807) is 23.6 Å². The lowest BCUT2D eigenvalue weighted by Gasteiger charge is -2.18. The number of nitriles is 1. The Hall–Kier alpha value is -3.38. The van der Waals surface area contributed by atoms with Crippen LogP contribution in [0.3, 0.4) is 0 Å². The van der Waals surface area contributed by atoms with Crippen LogP contribution in [0.4, 0.5) is 13.2 Å². The Morgan fingerprint density at radius 2 is 1.87 bits per heavy atom. The Kier molecular flexibility index (Phi) is 5.42. The minimum absolute atomic E-state index is 0.00910. The second kappa shape index (κ2) is 8.16. The van der Waals surface area contributed by atoms with E-state index in [9.17, 15) is 18.4 Å². The molecule has 0 spiro atoms. The first-order chi connectivity index (χ1) is 14.4. The van der Waals surface area contributed by atoms with Gasteiger partial charge < -0.3 is 18.9 Å². The highest BCUT2D eigenvalue weighted by molar-refractivity contribution is 7.12. The Balaban J connectivity index is 1.52. The molecule has 0 saturated heterocycles. The molecule has 1 aromatic heterocycles. The molecule has 30 heavy (non-hydrogen) atoms. The number of fused-ring (bicyclic) bond motifs is 1. The third-order valence-corrected chi connectivity index (χ3v) is 5.11. The lowest BCUT2D eigenvalue weighted by atomic mass is 10.0. The molecule has 1 aliphatic heterocycles. The van der Waals surface area contributed by atoms with Crippen LogP contribution in [-0.2, 0) is 6.61 Å². The van der Waals surface area contributed by atoms with E-state index in [2.05, 4.69) is 10.8 Å². The maximum absolute atomic E-state index is 12.4. The van der Waals surface area contributed by atoms with E-state index in [4.69, 9.17) is 14.2 Å². The molecule has 0 unspecified atom stereocenters. The molecule has 0 bridgehead atoms. The molecule has 9 heteroatoms. The van der Waals surface area contributed by atoms with E-state index < -0.39 is 6.36 Å². The normalized spacial score (nSPS) is 12.9. The standard InChI is InChI=1S/C21H14F3NO4S/c22-21(23,24)29-15-3-1-2-13(8-15)11-28-20-16(10-25)17(12-30-20)14-4-5-18-19(9-14)27-7-6-26-18/h1-5,8-9,12H,6-7,11H2. The van der Waals surface area contributed by atoms with Crippen molar-refractivity contribution in [2.24, 2.45) is 0 Å². The van der Waals surface area contributed by atoms with Gasteiger partial charge in [0.15, 0.2) is 16.6 Å². The van der Waals surface area contributed by atoms with Gasteiger partial charge in [0, 0.05) is 10.9 Å². The number of alkyl halides is 3. The Morgan fingerprint density at radius 1 is 1.07 bits per heavy atom. The van der Waals surface area contributed by atoms with Gasteiger partial charge >= 0.3 is 6.36 Å². The van der Waals surface area contributed by atoms with Crippen LogP contribution >= 0.6 is 11.3 Å². The number of thiophene rings is 1. The van der Waals surface area contributed by atoms with Crippen molar-refractivity contribution in [3.63, 3.8) is 0 Å². The molecule has 154 valence electrons. The van der Waals surface area contributed by atoms with Crippen molar-refractivity contribution >= 4 is 11.3 Å². The van der Waals surface area contributed by atoms with E-state index in [1.165, 1.54) is 29.5 Å². The fraction of sp³-hybridized carbons (Fsp3) is 0.190. The molecule has 0 saturated carbocycles. The first-order valence-electron chi connectivity index (χ1n) is 8.82. The second-order valence-corrected chi connectivity index (χ2v) is 7.11. The first kappa shape index (κ1) is 19.9. The highest BCUT2D eigenvalue weighted by Gasteiger charge is 2.31. The van der Waals surface area contributed by atoms with E-state index in [0.29, 0.717) is 46.5 Å². The van der Waals surface area contributed by atoms with Gasteiger partial charge in [-0.05, 0) is 35.4 Å². The summed E-state index contributed by atoms with van der Waals surface area (Å²) < 4.78 is 57.9. The fourth-order valence-electron chi connectivity index (χ4n) is 2.96. The molecular formula is C21H14F3NO4S. The number of hydrogen-bond donors (Lipinski definition) is 0. The number of nitrogens with zero attached hydrogens (tertiary/aromatic N) is 1. The maximum Gasteiger partial charge on any atom is 0.573 e. The summed E-state index contributed by atoms with van der Waals surface area (Å²) in [5, 5.41) is 11.8. The Bertz CT molecular complexity index is 1100. The third-order valence-electron chi connectivity index (χ3n) is 4.22. The molecular weight excluding hydrogens is 419 g/mol. The van der Waals surface area contributed by atoms with Crippen molar-refractivity contribution in [2.45, 2.75) is 13.0 Å². The fourth-order valence-corrected chi connectivity index (χ4v) is 3.84. The van der Waals surface area contributed by atoms with Crippen LogP contribution in [0.1, 0.15) is 11.1 Å². The molecule has 0 amide bonds. The lowest BCUT2D eigenvalue weighted by Crippen LogP contribution is -2.17. The molecule has 0 N–H and O–H groups in total. The van der Waals surface area contributed by atoms with Crippen molar-refractivity contribution in [1.82, 2.24) is 0 Å². The summed E-state index contributed by atoms with van der Waals surface area (Å²) >= 11 is 1.24. The smallest absolute Gasteiger partial charge is 0.486 e. The number of rotatable bonds is 5. The number of halogens is 3. The zero-order valence-electron chi connectivity index (χ0n) is 15.4. The Labute approximate surface area is 173 Å². The largest absolute Gasteiger partial charge is 0.573 e. The van der Waals surface area contributed by atoms with Gasteiger partial charge in [0.05, 0.1) is 0 Å². The van der Waals surface area contributed by atoms with Crippen molar-refractivity contribution in [3.05, 3.63) is 59.0 Å². The van der Waals surface area contributed by atoms with Crippen molar-refractivity contribution < 1.29 is 32.1 Å². The van der Waals surface area contributed by atoms with Gasteiger partial charge in [-0.15, -0.1) is 24.5 Å². The summed E-state index contributed by atoms with van der Waals surface area (Å²) in [5.74, 6) is 0.932. The predicted molar refractivity (Wildman–Crippen MR) is 103 cm³/mol. The minimum atomic E-state index is -4.76. The van der Waals surface area contributed by atoms with Crippen LogP contribution < -0.4 is 18.9 Å². The molecule has 0 aliphatic carbocycles. The van der Waals surface area contributed by atoms with Gasteiger partial charge in [0.2, 0.25) is 0 Å². The van der Waals surface area contributed by atoms with E-state index >= 15 is 0 Å². The van der Waals surface area contributed by atoms with E-state index in [-0.39, 0.29) is 12.4 Å². The quantitative estimate of drug-likeness (QED) is 0.529. The highest BCUT2D eigenvalue weighted by atomic mass is 32.1. The third kappa shape index (κ3) is 4.44. The molecule has 1 aliphatic rings. The molecule has 0 atom stereocenters. The SMILES string of the molecule is N#Cc1c(-c2ccc3c(c2)OCCO3)csc1OCc1cccc(OC(F)(F)F)c1. The summed E-state index contributed by atoms with van der Waals surface area (Å²) in [6.45, 7) is 0.933. The maximum atomic E-state index is 12.4. The molecule has 0 fully saturated rings. The summed E-state index contributed by atoms with van der Waals surface area (Å²) in [6.07, 6.45) is -4.76. The van der Waals surface area contributed by atoms with Crippen molar-refractivity contribution in [1.29, 1.82) is 5.26 Å². The molecule has 2 heterocycles. The van der Waals surface area contributed by atoms with Gasteiger partial charge in [-0.2, -0.15) is 5.26 Å². The second-order valence-electron chi connectivity index (χ2n) is 6.27. The molecule has 4 rings (SSSR count). The van der Waals surface area contributed by atoms with Crippen LogP contribution in [0.15, 0.2) is 47.8 Å². The first-order valence-corrected chi connectivity index (χ1v) is 9.70. The van der Waals surface area contributed by atoms with Crippen LogP contribution in [-0.4, -0.2) is 19.6 Å². The minimum Gasteiger partial charge on any atom is -0.486 e. The van der Waals surface area contributed by atoms with Crippen LogP contribution in [0.25, 0.3) is 11.1 Å². The van der Waals surface area contributed by atoms with Crippen LogP contribution in [0.5, 0.6) is 22.3 Å². The summed E-state index contributed by atoms with van der Waals surface area (Å²) in [7, 11) is 0. The van der Waals surface area contributed by atoms with Crippen LogP contribution in [0.2, 0.25) is 0 Å². The predicted octanol–water partition coefficient (Wildman–Crippen LogP) is 5.54. The van der Waals surface area contributed by atoms with E-state index in [1.807, 2.05) is 6.07 Å². The average Bonchev–Trinajstić information content (AvgIpc) is 3.14. The monoisotopic (exact) mass is 433 g/mol. The van der Waals surface area contributed by atoms with Gasteiger partial charge in [0.1, 0.15) is 37.2 Å². The molecule has 5 nitrogen and oxygen atoms in total. The molecule has 0 radical (unpaired) electrons.